The summed E-state index contributed by atoms with van der Waals surface area (Å²) in [4.78, 5) is 12.5. The topological polar surface area (TPSA) is 75.7 Å². The Morgan fingerprint density at radius 3 is 2.31 bits per heavy atom. The lowest BCUT2D eigenvalue weighted by molar-refractivity contribution is -0.121. The number of amides is 1. The van der Waals surface area contributed by atoms with Gasteiger partial charge in [0.15, 0.2) is 0 Å². The fourth-order valence-corrected chi connectivity index (χ4v) is 4.92. The Morgan fingerprint density at radius 1 is 1.14 bits per heavy atom. The zero-order chi connectivity index (χ0) is 21.2. The lowest BCUT2D eigenvalue weighted by atomic mass is 9.97. The molecule has 0 unspecified atom stereocenters. The second kappa shape index (κ2) is 8.46. The minimum absolute atomic E-state index is 0.144. The van der Waals surface area contributed by atoms with E-state index in [2.05, 4.69) is 5.32 Å². The second-order valence-corrected chi connectivity index (χ2v) is 8.83. The van der Waals surface area contributed by atoms with Gasteiger partial charge >= 0.3 is 0 Å². The number of nitrogens with zero attached hydrogens (tertiary/aromatic N) is 1. The first kappa shape index (κ1) is 21.2. The van der Waals surface area contributed by atoms with Crippen molar-refractivity contribution >= 4 is 21.6 Å². The Kier molecular flexibility index (Phi) is 6.18. The molecule has 6 nitrogen and oxygen atoms in total. The van der Waals surface area contributed by atoms with Crippen molar-refractivity contribution in [3.63, 3.8) is 0 Å². The van der Waals surface area contributed by atoms with Crippen LogP contribution < -0.4 is 10.1 Å². The maximum Gasteiger partial charge on any atom is 0.243 e. The summed E-state index contributed by atoms with van der Waals surface area (Å²) in [6.45, 7) is 2.05. The average molecular weight is 424 g/mol. The molecule has 3 rings (SSSR count). The quantitative estimate of drug-likeness (QED) is 0.799. The highest BCUT2D eigenvalue weighted by atomic mass is 32.2. The Labute approximate surface area is 168 Å². The molecule has 0 aliphatic carbocycles. The summed E-state index contributed by atoms with van der Waals surface area (Å²) in [5, 5.41) is 2.28. The van der Waals surface area contributed by atoms with Crippen LogP contribution in [0.25, 0.3) is 0 Å². The predicted octanol–water partition coefficient (Wildman–Crippen LogP) is 3.32. The van der Waals surface area contributed by atoms with Gasteiger partial charge < -0.3 is 10.1 Å². The summed E-state index contributed by atoms with van der Waals surface area (Å²) >= 11 is 0. The molecule has 1 aliphatic rings. The number of benzene rings is 2. The average Bonchev–Trinajstić information content (AvgIpc) is 2.70. The molecule has 1 fully saturated rings. The van der Waals surface area contributed by atoms with Gasteiger partial charge in [-0.3, -0.25) is 4.79 Å². The first-order valence-electron chi connectivity index (χ1n) is 9.13. The van der Waals surface area contributed by atoms with Gasteiger partial charge in [0.2, 0.25) is 15.9 Å². The molecule has 2 aromatic rings. The molecule has 1 aliphatic heterocycles. The molecule has 9 heteroatoms. The van der Waals surface area contributed by atoms with Crippen molar-refractivity contribution in [3.05, 3.63) is 53.6 Å². The third-order valence-electron chi connectivity index (χ3n) is 5.04. The van der Waals surface area contributed by atoms with Crippen molar-refractivity contribution in [3.8, 4) is 5.75 Å². The zero-order valence-electron chi connectivity index (χ0n) is 16.1. The van der Waals surface area contributed by atoms with Gasteiger partial charge in [-0.05, 0) is 55.7 Å². The van der Waals surface area contributed by atoms with Crippen LogP contribution in [0.15, 0.2) is 41.3 Å². The van der Waals surface area contributed by atoms with E-state index in [1.807, 2.05) is 0 Å². The summed E-state index contributed by atoms with van der Waals surface area (Å²) in [6, 6.07) is 7.97. The van der Waals surface area contributed by atoms with Gasteiger partial charge in [-0.1, -0.05) is 6.07 Å². The highest BCUT2D eigenvalue weighted by molar-refractivity contribution is 7.89. The van der Waals surface area contributed by atoms with Crippen molar-refractivity contribution in [2.45, 2.75) is 24.7 Å². The lowest BCUT2D eigenvalue weighted by Crippen LogP contribution is -2.41. The van der Waals surface area contributed by atoms with Gasteiger partial charge in [-0.2, -0.15) is 4.31 Å². The summed E-state index contributed by atoms with van der Waals surface area (Å²) < 4.78 is 59.7. The monoisotopic (exact) mass is 424 g/mol. The van der Waals surface area contributed by atoms with E-state index in [9.17, 15) is 22.0 Å². The van der Waals surface area contributed by atoms with Crippen LogP contribution in [0.2, 0.25) is 0 Å². The first-order chi connectivity index (χ1) is 13.7. The van der Waals surface area contributed by atoms with Crippen LogP contribution in [-0.2, 0) is 14.8 Å². The number of carbonyl (C=O) groups is 1. The minimum Gasteiger partial charge on any atom is -0.496 e. The van der Waals surface area contributed by atoms with Crippen molar-refractivity contribution in [1.82, 2.24) is 4.31 Å². The van der Waals surface area contributed by atoms with E-state index >= 15 is 0 Å². The number of aryl methyl sites for hydroxylation is 1. The molecule has 0 radical (unpaired) electrons. The molecule has 0 atom stereocenters. The summed E-state index contributed by atoms with van der Waals surface area (Å²) in [5.74, 6) is -2.16. The van der Waals surface area contributed by atoms with Crippen molar-refractivity contribution in [2.75, 3.05) is 25.5 Å². The third kappa shape index (κ3) is 4.40. The van der Waals surface area contributed by atoms with Crippen LogP contribution in [0, 0.1) is 24.5 Å². The predicted molar refractivity (Wildman–Crippen MR) is 104 cm³/mol. The van der Waals surface area contributed by atoms with Crippen LogP contribution in [0.1, 0.15) is 18.4 Å². The maximum absolute atomic E-state index is 13.7. The van der Waals surface area contributed by atoms with Gasteiger partial charge in [0.25, 0.3) is 0 Å². The molecule has 29 heavy (non-hydrogen) atoms. The number of hydrogen-bond acceptors (Lipinski definition) is 4. The summed E-state index contributed by atoms with van der Waals surface area (Å²) in [7, 11) is -2.19. The van der Waals surface area contributed by atoms with E-state index in [4.69, 9.17) is 4.74 Å². The molecule has 1 heterocycles. The van der Waals surface area contributed by atoms with E-state index in [1.54, 1.807) is 19.1 Å². The maximum atomic E-state index is 13.7. The number of anilines is 1. The number of sulfonamides is 1. The number of hydrogen-bond donors (Lipinski definition) is 1. The number of para-hydroxylation sites is 1. The normalized spacial score (nSPS) is 15.9. The SMILES string of the molecule is COc1ccc(S(=O)(=O)N2CCC(C(=O)Nc3c(F)cccc3F)CC2)cc1C. The number of nitrogens with one attached hydrogen (secondary N) is 1. The van der Waals surface area contributed by atoms with Gasteiger partial charge in [-0.25, -0.2) is 17.2 Å². The van der Waals surface area contributed by atoms with E-state index in [0.29, 0.717) is 11.3 Å². The standard InChI is InChI=1S/C20H22F2N2O4S/c1-13-12-15(6-7-18(13)28-2)29(26,27)24-10-8-14(9-11-24)20(25)23-19-16(21)4-3-5-17(19)22/h3-7,12,14H,8-11H2,1-2H3,(H,23,25). The molecule has 156 valence electrons. The third-order valence-corrected chi connectivity index (χ3v) is 6.93. The van der Waals surface area contributed by atoms with E-state index in [0.717, 1.165) is 12.1 Å². The Morgan fingerprint density at radius 2 is 1.76 bits per heavy atom. The first-order valence-corrected chi connectivity index (χ1v) is 10.6. The molecule has 0 aromatic heterocycles. The molecule has 0 bridgehead atoms. The Hall–Kier alpha value is -2.52. The number of carbonyl (C=O) groups excluding carboxylic acids is 1. The van der Waals surface area contributed by atoms with E-state index in [1.165, 1.54) is 23.5 Å². The van der Waals surface area contributed by atoms with Crippen LogP contribution in [-0.4, -0.2) is 38.8 Å². The van der Waals surface area contributed by atoms with Crippen LogP contribution >= 0.6 is 0 Å². The smallest absolute Gasteiger partial charge is 0.243 e. The van der Waals surface area contributed by atoms with Gasteiger partial charge in [0, 0.05) is 19.0 Å². The number of methoxy groups -OCH3 is 1. The highest BCUT2D eigenvalue weighted by Crippen LogP contribution is 2.28. The molecule has 0 spiro atoms. The Balaban J connectivity index is 1.66. The van der Waals surface area contributed by atoms with Gasteiger partial charge in [0.05, 0.1) is 12.0 Å². The summed E-state index contributed by atoms with van der Waals surface area (Å²) in [5.41, 5.74) is 0.219. The fourth-order valence-electron chi connectivity index (χ4n) is 3.36. The molecular weight excluding hydrogens is 402 g/mol. The van der Waals surface area contributed by atoms with E-state index < -0.39 is 39.2 Å². The Bertz CT molecular complexity index is 999. The molecule has 1 N–H and O–H groups in total. The molecular formula is C20H22F2N2O4S. The highest BCUT2D eigenvalue weighted by Gasteiger charge is 2.32. The van der Waals surface area contributed by atoms with Gasteiger partial charge in [-0.15, -0.1) is 0 Å². The van der Waals surface area contributed by atoms with Crippen LogP contribution in [0.4, 0.5) is 14.5 Å². The van der Waals surface area contributed by atoms with Crippen LogP contribution in [0.3, 0.4) is 0 Å². The minimum atomic E-state index is -3.70. The fraction of sp³-hybridized carbons (Fsp3) is 0.350. The largest absolute Gasteiger partial charge is 0.496 e. The second-order valence-electron chi connectivity index (χ2n) is 6.90. The molecule has 2 aromatic carbocycles. The van der Waals surface area contributed by atoms with Gasteiger partial charge in [0.1, 0.15) is 23.1 Å². The van der Waals surface area contributed by atoms with Crippen LogP contribution in [0.5, 0.6) is 5.75 Å². The molecule has 0 saturated carbocycles. The molecule has 1 saturated heterocycles. The summed E-state index contributed by atoms with van der Waals surface area (Å²) in [6.07, 6.45) is 0.520. The number of ether oxygens (including phenoxy) is 1. The van der Waals surface area contributed by atoms with E-state index in [-0.39, 0.29) is 30.8 Å². The van der Waals surface area contributed by atoms with Crippen molar-refractivity contribution < 1.29 is 26.7 Å². The molecule has 1 amide bonds. The van der Waals surface area contributed by atoms with Crippen molar-refractivity contribution in [2.24, 2.45) is 5.92 Å². The number of rotatable bonds is 5. The zero-order valence-corrected chi connectivity index (χ0v) is 16.9. The lowest BCUT2D eigenvalue weighted by Gasteiger charge is -2.30. The number of piperidine rings is 1. The number of halogens is 2. The van der Waals surface area contributed by atoms with Crippen molar-refractivity contribution in [1.29, 1.82) is 0 Å².